The molecule has 1 heterocycles. The first-order valence-electron chi connectivity index (χ1n) is 1.72. The van der Waals surface area contributed by atoms with Crippen molar-refractivity contribution in [2.75, 3.05) is 0 Å². The van der Waals surface area contributed by atoms with Crippen molar-refractivity contribution in [3.8, 4) is 0 Å². The van der Waals surface area contributed by atoms with E-state index < -0.39 is 0 Å². The van der Waals surface area contributed by atoms with Crippen LogP contribution in [0.4, 0.5) is 0 Å². The number of rotatable bonds is 0. The van der Waals surface area contributed by atoms with Crippen LogP contribution in [-0.2, 0) is 0 Å². The van der Waals surface area contributed by atoms with Gasteiger partial charge in [0, 0.05) is 0 Å². The maximum Gasteiger partial charge on any atom is 0.125 e. The number of H-pyrrole nitrogens is 1. The zero-order valence-electron chi connectivity index (χ0n) is 3.42. The van der Waals surface area contributed by atoms with Gasteiger partial charge >= 0.3 is 0 Å². The second-order valence-electron chi connectivity index (χ2n) is 1.07. The Morgan fingerprint density at radius 2 is 2.29 bits per heavy atom. The fraction of sp³-hybridized carbons (Fsp3) is 0. The third-order valence-corrected chi connectivity index (χ3v) is 1.46. The molecule has 0 spiro atoms. The number of hydrogen-bond donors (Lipinski definition) is 3. The zero-order chi connectivity index (χ0) is 5.28. The zero-order valence-corrected chi connectivity index (χ0v) is 5.21. The molecule has 2 nitrogen and oxygen atoms in total. The first kappa shape index (κ1) is 5.05. The predicted molar refractivity (Wildman–Crippen MR) is 33.1 cm³/mol. The van der Waals surface area contributed by atoms with E-state index in [4.69, 9.17) is 0 Å². The van der Waals surface area contributed by atoms with E-state index in [0.29, 0.717) is 10.1 Å². The van der Waals surface area contributed by atoms with Crippen molar-refractivity contribution in [2.24, 2.45) is 0 Å². The Morgan fingerprint density at radius 1 is 1.57 bits per heavy atom. The Labute approximate surface area is 52.2 Å². The average molecular weight is 132 g/mol. The van der Waals surface area contributed by atoms with E-state index in [0.717, 1.165) is 0 Å². The van der Waals surface area contributed by atoms with Crippen molar-refractivity contribution >= 4 is 25.3 Å². The minimum atomic E-state index is 0.642. The van der Waals surface area contributed by atoms with Crippen LogP contribution < -0.4 is 0 Å². The van der Waals surface area contributed by atoms with Gasteiger partial charge in [0.25, 0.3) is 0 Å². The molecule has 0 amide bonds. The summed E-state index contributed by atoms with van der Waals surface area (Å²) in [5.41, 5.74) is 0. The highest BCUT2D eigenvalue weighted by molar-refractivity contribution is 7.83. The molecule has 0 aliphatic rings. The molecule has 0 bridgehead atoms. The molecule has 38 valence electrons. The first-order valence-corrected chi connectivity index (χ1v) is 2.61. The van der Waals surface area contributed by atoms with Gasteiger partial charge in [-0.25, -0.2) is 4.98 Å². The lowest BCUT2D eigenvalue weighted by Crippen LogP contribution is -1.60. The topological polar surface area (TPSA) is 28.7 Å². The highest BCUT2D eigenvalue weighted by Crippen LogP contribution is 2.09. The molecule has 7 heavy (non-hydrogen) atoms. The van der Waals surface area contributed by atoms with E-state index in [1.54, 1.807) is 6.33 Å². The lowest BCUT2D eigenvalue weighted by Gasteiger charge is -1.76. The van der Waals surface area contributed by atoms with Crippen LogP contribution in [0.5, 0.6) is 0 Å². The molecular weight excluding hydrogens is 128 g/mol. The molecule has 0 aromatic carbocycles. The Kier molecular flexibility index (Phi) is 1.30. The van der Waals surface area contributed by atoms with E-state index in [9.17, 15) is 0 Å². The van der Waals surface area contributed by atoms with Crippen LogP contribution in [0, 0.1) is 0 Å². The van der Waals surface area contributed by atoms with Gasteiger partial charge in [-0.05, 0) is 0 Å². The molecule has 0 radical (unpaired) electrons. The molecule has 0 aliphatic heterocycles. The summed E-state index contributed by atoms with van der Waals surface area (Å²) in [4.78, 5) is 6.49. The summed E-state index contributed by atoms with van der Waals surface area (Å²) < 4.78 is 0. The molecule has 1 rings (SSSR count). The normalized spacial score (nSPS) is 9.43. The second kappa shape index (κ2) is 1.79. The number of nitrogens with zero attached hydrogens (tertiary/aromatic N) is 1. The Morgan fingerprint density at radius 3 is 2.43 bits per heavy atom. The predicted octanol–water partition coefficient (Wildman–Crippen LogP) is 0.987. The fourth-order valence-corrected chi connectivity index (χ4v) is 0.518. The Hall–Kier alpha value is -0.0900. The lowest BCUT2D eigenvalue weighted by molar-refractivity contribution is 1.10. The largest absolute Gasteiger partial charge is 0.339 e. The molecule has 0 unspecified atom stereocenters. The average Bonchev–Trinajstić information content (AvgIpc) is 1.91. The van der Waals surface area contributed by atoms with Crippen LogP contribution in [-0.4, -0.2) is 9.97 Å². The number of aromatic amines is 1. The Balaban J connectivity index is 3.12. The molecule has 0 aliphatic carbocycles. The molecule has 0 saturated carbocycles. The third-order valence-electron chi connectivity index (χ3n) is 0.600. The number of thiol groups is 2. The quantitative estimate of drug-likeness (QED) is 0.451. The summed E-state index contributed by atoms with van der Waals surface area (Å²) in [6, 6.07) is 0. The summed E-state index contributed by atoms with van der Waals surface area (Å²) >= 11 is 7.88. The molecular formula is C3H4N2S2. The first-order chi connectivity index (χ1) is 3.30. The van der Waals surface area contributed by atoms with E-state index >= 15 is 0 Å². The van der Waals surface area contributed by atoms with Gasteiger partial charge in [0.1, 0.15) is 10.1 Å². The SMILES string of the molecule is Sc1nc[nH]c1S. The van der Waals surface area contributed by atoms with Crippen molar-refractivity contribution in [1.29, 1.82) is 0 Å². The van der Waals surface area contributed by atoms with E-state index in [1.807, 2.05) is 0 Å². The summed E-state index contributed by atoms with van der Waals surface area (Å²) in [6.07, 6.45) is 1.55. The second-order valence-corrected chi connectivity index (χ2v) is 1.95. The van der Waals surface area contributed by atoms with Gasteiger partial charge in [-0.3, -0.25) is 0 Å². The van der Waals surface area contributed by atoms with Crippen molar-refractivity contribution in [3.05, 3.63) is 6.33 Å². The maximum absolute atomic E-state index is 3.95. The minimum absolute atomic E-state index is 0.642. The lowest BCUT2D eigenvalue weighted by atomic mass is 10.9. The highest BCUT2D eigenvalue weighted by Gasteiger charge is 1.90. The monoisotopic (exact) mass is 132 g/mol. The van der Waals surface area contributed by atoms with Gasteiger partial charge in [0.2, 0.25) is 0 Å². The van der Waals surface area contributed by atoms with Gasteiger partial charge < -0.3 is 4.98 Å². The third kappa shape index (κ3) is 0.920. The standard InChI is InChI=1S/C3H4N2S2/c6-2-3(7)5-1-4-2/h1,6-7H,(H,4,5). The molecule has 4 heteroatoms. The smallest absolute Gasteiger partial charge is 0.125 e. The van der Waals surface area contributed by atoms with Crippen molar-refractivity contribution < 1.29 is 0 Å². The number of imidazole rings is 1. The van der Waals surface area contributed by atoms with Crippen LogP contribution in [0.3, 0.4) is 0 Å². The molecule has 1 aromatic heterocycles. The van der Waals surface area contributed by atoms with Gasteiger partial charge in [0.05, 0.1) is 6.33 Å². The minimum Gasteiger partial charge on any atom is -0.339 e. The molecule has 0 fully saturated rings. The Bertz CT molecular complexity index is 143. The van der Waals surface area contributed by atoms with Crippen molar-refractivity contribution in [2.45, 2.75) is 10.1 Å². The number of nitrogens with one attached hydrogen (secondary N) is 1. The maximum atomic E-state index is 3.95. The van der Waals surface area contributed by atoms with Crippen LogP contribution >= 0.6 is 25.3 Å². The number of aromatic nitrogens is 2. The van der Waals surface area contributed by atoms with E-state index in [-0.39, 0.29) is 0 Å². The van der Waals surface area contributed by atoms with Gasteiger partial charge in [-0.1, -0.05) is 0 Å². The fourth-order valence-electron chi connectivity index (χ4n) is 0.280. The highest BCUT2D eigenvalue weighted by atomic mass is 32.1. The van der Waals surface area contributed by atoms with Crippen LogP contribution in [0.2, 0.25) is 0 Å². The molecule has 1 N–H and O–H groups in total. The van der Waals surface area contributed by atoms with Crippen molar-refractivity contribution in [3.63, 3.8) is 0 Å². The summed E-state index contributed by atoms with van der Waals surface area (Å²) in [6.45, 7) is 0. The number of hydrogen-bond acceptors (Lipinski definition) is 3. The van der Waals surface area contributed by atoms with Gasteiger partial charge in [-0.2, -0.15) is 0 Å². The summed E-state index contributed by atoms with van der Waals surface area (Å²) in [5.74, 6) is 0. The van der Waals surface area contributed by atoms with Gasteiger partial charge in [-0.15, -0.1) is 25.3 Å². The molecule has 1 aromatic rings. The summed E-state index contributed by atoms with van der Waals surface area (Å²) in [5, 5.41) is 1.35. The van der Waals surface area contributed by atoms with E-state index in [1.165, 1.54) is 0 Å². The van der Waals surface area contributed by atoms with Crippen LogP contribution in [0.25, 0.3) is 0 Å². The van der Waals surface area contributed by atoms with Crippen molar-refractivity contribution in [1.82, 2.24) is 9.97 Å². The van der Waals surface area contributed by atoms with E-state index in [2.05, 4.69) is 35.2 Å². The molecule has 0 atom stereocenters. The van der Waals surface area contributed by atoms with Gasteiger partial charge in [0.15, 0.2) is 0 Å². The van der Waals surface area contributed by atoms with Crippen LogP contribution in [0.1, 0.15) is 0 Å². The summed E-state index contributed by atoms with van der Waals surface area (Å²) in [7, 11) is 0. The van der Waals surface area contributed by atoms with Crippen LogP contribution in [0.15, 0.2) is 16.4 Å². The molecule has 0 saturated heterocycles.